The van der Waals surface area contributed by atoms with Crippen molar-refractivity contribution in [2.45, 2.75) is 39.1 Å². The summed E-state index contributed by atoms with van der Waals surface area (Å²) >= 11 is 1.76. The van der Waals surface area contributed by atoms with Gasteiger partial charge in [0.2, 0.25) is 0 Å². The van der Waals surface area contributed by atoms with Crippen LogP contribution in [0.1, 0.15) is 43.2 Å². The van der Waals surface area contributed by atoms with Gasteiger partial charge in [0, 0.05) is 5.69 Å². The molecule has 0 atom stereocenters. The van der Waals surface area contributed by atoms with Gasteiger partial charge in [-0.15, -0.1) is 11.8 Å². The molecule has 1 aromatic heterocycles. The molecule has 17 heavy (non-hydrogen) atoms. The van der Waals surface area contributed by atoms with E-state index in [9.17, 15) is 4.79 Å². The Bertz CT molecular complexity index is 371. The first kappa shape index (κ1) is 14.2. The first-order valence-corrected chi connectivity index (χ1v) is 7.02. The van der Waals surface area contributed by atoms with Gasteiger partial charge >= 0.3 is 5.97 Å². The van der Waals surface area contributed by atoms with Crippen molar-refractivity contribution in [1.82, 2.24) is 4.98 Å². The minimum atomic E-state index is -0.239. The lowest BCUT2D eigenvalue weighted by Gasteiger charge is -2.02. The summed E-state index contributed by atoms with van der Waals surface area (Å²) in [6.07, 6.45) is 1.18. The van der Waals surface area contributed by atoms with E-state index in [2.05, 4.69) is 18.8 Å². The van der Waals surface area contributed by atoms with E-state index in [1.54, 1.807) is 11.8 Å². The average Bonchev–Trinajstić information content (AvgIpc) is 2.59. The number of hydrogen-bond donors (Lipinski definition) is 1. The Labute approximate surface area is 107 Å². The molecule has 0 fully saturated rings. The topological polar surface area (TPSA) is 42.1 Å². The molecule has 0 bridgehead atoms. The van der Waals surface area contributed by atoms with Crippen LogP contribution in [0.3, 0.4) is 0 Å². The molecule has 0 aliphatic heterocycles. The second-order valence-electron chi connectivity index (χ2n) is 4.42. The number of rotatable bonds is 6. The molecule has 96 valence electrons. The van der Waals surface area contributed by atoms with Crippen LogP contribution in [0.4, 0.5) is 0 Å². The minimum absolute atomic E-state index is 0.239. The van der Waals surface area contributed by atoms with Crippen molar-refractivity contribution < 1.29 is 9.53 Å². The molecular formula is C13H21NO2S. The smallest absolute Gasteiger partial charge is 0.339 e. The van der Waals surface area contributed by atoms with Gasteiger partial charge in [0.05, 0.1) is 17.2 Å². The normalized spacial score (nSPS) is 10.9. The molecule has 4 heteroatoms. The zero-order valence-electron chi connectivity index (χ0n) is 11.0. The molecule has 0 aliphatic carbocycles. The fraction of sp³-hybridized carbons (Fsp3) is 0.615. The van der Waals surface area contributed by atoms with Crippen molar-refractivity contribution in [1.29, 1.82) is 0 Å². The first-order chi connectivity index (χ1) is 8.04. The maximum absolute atomic E-state index is 11.6. The van der Waals surface area contributed by atoms with Crippen LogP contribution >= 0.6 is 11.8 Å². The molecule has 1 rings (SSSR count). The predicted octanol–water partition coefficient (Wildman–Crippen LogP) is 3.64. The first-order valence-electron chi connectivity index (χ1n) is 6.04. The van der Waals surface area contributed by atoms with Crippen molar-refractivity contribution in [3.8, 4) is 0 Å². The molecule has 0 radical (unpaired) electrons. The maximum atomic E-state index is 11.6. The highest BCUT2D eigenvalue weighted by Gasteiger charge is 2.13. The largest absolute Gasteiger partial charge is 0.462 e. The molecule has 3 nitrogen and oxygen atoms in total. The summed E-state index contributed by atoms with van der Waals surface area (Å²) in [5, 5.41) is 1.05. The summed E-state index contributed by atoms with van der Waals surface area (Å²) < 4.78 is 5.00. The third kappa shape index (κ3) is 4.46. The zero-order valence-corrected chi connectivity index (χ0v) is 11.8. The number of thioether (sulfide) groups is 1. The van der Waals surface area contributed by atoms with E-state index >= 15 is 0 Å². The van der Waals surface area contributed by atoms with Crippen molar-refractivity contribution in [3.63, 3.8) is 0 Å². The molecule has 0 saturated carbocycles. The molecule has 0 spiro atoms. The lowest BCUT2D eigenvalue weighted by Crippen LogP contribution is -2.04. The number of carbonyl (C=O) groups is 1. The Hall–Kier alpha value is -0.900. The van der Waals surface area contributed by atoms with Gasteiger partial charge in [0.15, 0.2) is 0 Å². The molecule has 0 aromatic carbocycles. The second kappa shape index (κ2) is 6.74. The fourth-order valence-electron chi connectivity index (χ4n) is 1.43. The van der Waals surface area contributed by atoms with E-state index in [0.29, 0.717) is 18.1 Å². The van der Waals surface area contributed by atoms with Crippen molar-refractivity contribution in [2.24, 2.45) is 5.92 Å². The van der Waals surface area contributed by atoms with Gasteiger partial charge in [-0.2, -0.15) is 0 Å². The van der Waals surface area contributed by atoms with E-state index in [1.165, 1.54) is 6.42 Å². The van der Waals surface area contributed by atoms with Crippen LogP contribution in [0, 0.1) is 12.8 Å². The lowest BCUT2D eigenvalue weighted by atomic mass is 10.2. The number of aromatic amines is 1. The molecule has 0 saturated heterocycles. The van der Waals surface area contributed by atoms with Crippen molar-refractivity contribution >= 4 is 17.7 Å². The van der Waals surface area contributed by atoms with Gasteiger partial charge in [0.25, 0.3) is 0 Å². The third-order valence-corrected chi connectivity index (χ3v) is 3.41. The number of aromatic nitrogens is 1. The van der Waals surface area contributed by atoms with Gasteiger partial charge in [0.1, 0.15) is 0 Å². The highest BCUT2D eigenvalue weighted by atomic mass is 32.2. The summed E-state index contributed by atoms with van der Waals surface area (Å²) in [6.45, 7) is 8.56. The summed E-state index contributed by atoms with van der Waals surface area (Å²) in [5.41, 5.74) is 1.54. The van der Waals surface area contributed by atoms with E-state index in [-0.39, 0.29) is 5.97 Å². The van der Waals surface area contributed by atoms with Crippen LogP contribution in [0.15, 0.2) is 11.1 Å². The minimum Gasteiger partial charge on any atom is -0.462 e. The Morgan fingerprint density at radius 3 is 2.82 bits per heavy atom. The number of aryl methyl sites for hydroxylation is 1. The molecular weight excluding hydrogens is 234 g/mol. The van der Waals surface area contributed by atoms with Crippen LogP contribution < -0.4 is 0 Å². The van der Waals surface area contributed by atoms with Crippen molar-refractivity contribution in [2.75, 3.05) is 12.4 Å². The molecule has 1 N–H and O–H groups in total. The molecule has 0 aliphatic rings. The van der Waals surface area contributed by atoms with Gasteiger partial charge in [-0.25, -0.2) is 4.79 Å². The Morgan fingerprint density at radius 1 is 1.53 bits per heavy atom. The second-order valence-corrected chi connectivity index (χ2v) is 5.56. The Balaban J connectivity index is 2.58. The lowest BCUT2D eigenvalue weighted by molar-refractivity contribution is 0.0525. The maximum Gasteiger partial charge on any atom is 0.339 e. The van der Waals surface area contributed by atoms with Crippen LogP contribution in [0.5, 0.6) is 0 Å². The van der Waals surface area contributed by atoms with E-state index < -0.39 is 0 Å². The Morgan fingerprint density at radius 2 is 2.24 bits per heavy atom. The highest BCUT2D eigenvalue weighted by Crippen LogP contribution is 2.23. The van der Waals surface area contributed by atoms with Gasteiger partial charge < -0.3 is 9.72 Å². The van der Waals surface area contributed by atoms with Crippen LogP contribution in [0.25, 0.3) is 0 Å². The van der Waals surface area contributed by atoms with E-state index in [4.69, 9.17) is 4.74 Å². The van der Waals surface area contributed by atoms with E-state index in [0.717, 1.165) is 16.5 Å². The summed E-state index contributed by atoms with van der Waals surface area (Å²) in [7, 11) is 0. The Kier molecular flexibility index (Phi) is 5.62. The molecule has 1 heterocycles. The quantitative estimate of drug-likeness (QED) is 0.623. The van der Waals surface area contributed by atoms with Gasteiger partial charge in [-0.05, 0) is 38.0 Å². The monoisotopic (exact) mass is 255 g/mol. The summed E-state index contributed by atoms with van der Waals surface area (Å²) in [6, 6.07) is 1.89. The highest BCUT2D eigenvalue weighted by molar-refractivity contribution is 7.99. The number of hydrogen-bond acceptors (Lipinski definition) is 3. The number of ether oxygens (including phenoxy) is 1. The fourth-order valence-corrected chi connectivity index (χ4v) is 2.67. The standard InChI is InChI=1S/C13H21NO2S/c1-5-16-13(15)11-8-12(14-10(11)4)17-7-6-9(2)3/h8-9,14H,5-7H2,1-4H3. The number of nitrogens with one attached hydrogen (secondary N) is 1. The van der Waals surface area contributed by atoms with Crippen LogP contribution in [0.2, 0.25) is 0 Å². The SMILES string of the molecule is CCOC(=O)c1cc(SCCC(C)C)[nH]c1C. The number of H-pyrrole nitrogens is 1. The van der Waals surface area contributed by atoms with Crippen LogP contribution in [-0.2, 0) is 4.74 Å². The van der Waals surface area contributed by atoms with Crippen molar-refractivity contribution in [3.05, 3.63) is 17.3 Å². The molecule has 0 unspecified atom stereocenters. The predicted molar refractivity (Wildman–Crippen MR) is 71.7 cm³/mol. The third-order valence-electron chi connectivity index (χ3n) is 2.44. The number of esters is 1. The van der Waals surface area contributed by atoms with Gasteiger partial charge in [-0.3, -0.25) is 0 Å². The van der Waals surface area contributed by atoms with E-state index in [1.807, 2.05) is 19.9 Å². The van der Waals surface area contributed by atoms with Crippen LogP contribution in [-0.4, -0.2) is 23.3 Å². The number of carbonyl (C=O) groups excluding carboxylic acids is 1. The molecule has 1 aromatic rings. The average molecular weight is 255 g/mol. The summed E-state index contributed by atoms with van der Waals surface area (Å²) in [5.74, 6) is 1.54. The molecule has 0 amide bonds. The summed E-state index contributed by atoms with van der Waals surface area (Å²) in [4.78, 5) is 14.8. The van der Waals surface area contributed by atoms with Gasteiger partial charge in [-0.1, -0.05) is 13.8 Å². The zero-order chi connectivity index (χ0) is 12.8.